The van der Waals surface area contributed by atoms with Gasteiger partial charge in [0.15, 0.2) is 0 Å². The molecule has 2 aliphatic heterocycles. The van der Waals surface area contributed by atoms with Crippen LogP contribution >= 0.6 is 0 Å². The molecule has 0 aliphatic carbocycles. The van der Waals surface area contributed by atoms with Crippen molar-refractivity contribution in [3.8, 4) is 0 Å². The summed E-state index contributed by atoms with van der Waals surface area (Å²) < 4.78 is 0. The molecule has 2 fully saturated rings. The van der Waals surface area contributed by atoms with Gasteiger partial charge in [0, 0.05) is 37.3 Å². The van der Waals surface area contributed by atoms with Crippen molar-refractivity contribution in [1.29, 1.82) is 0 Å². The van der Waals surface area contributed by atoms with E-state index in [9.17, 15) is 9.90 Å². The van der Waals surface area contributed by atoms with Crippen molar-refractivity contribution in [2.45, 2.75) is 44.8 Å². The molecule has 1 aromatic carbocycles. The number of hydrogen-bond acceptors (Lipinski definition) is 4. The summed E-state index contributed by atoms with van der Waals surface area (Å²) in [4.78, 5) is 20.1. The van der Waals surface area contributed by atoms with Gasteiger partial charge in [-0.05, 0) is 62.4 Å². The van der Waals surface area contributed by atoms with Crippen LogP contribution in [-0.2, 0) is 6.54 Å². The standard InChI is InChI=1S/C21H29N3O2/c1-16-5-6-17-12-18(20(25)22-19(17)11-16)13-24-10-7-21(26,15-24)14-23-8-3-2-4-9-23/h5-6,11-12,26H,2-4,7-10,13-15H2,1H3,(H,22,25). The first-order valence-electron chi connectivity index (χ1n) is 9.80. The predicted octanol–water partition coefficient (Wildman–Crippen LogP) is 2.26. The fourth-order valence-electron chi connectivity index (χ4n) is 4.46. The number of aromatic amines is 1. The number of pyridine rings is 1. The summed E-state index contributed by atoms with van der Waals surface area (Å²) in [5.41, 5.74) is 2.15. The normalized spacial score (nSPS) is 25.2. The SMILES string of the molecule is Cc1ccc2cc(CN3CCC(O)(CN4CCCCC4)C3)c(=O)[nH]c2c1. The van der Waals surface area contributed by atoms with Crippen molar-refractivity contribution >= 4 is 10.9 Å². The molecule has 1 unspecified atom stereocenters. The van der Waals surface area contributed by atoms with Gasteiger partial charge in [-0.25, -0.2) is 0 Å². The van der Waals surface area contributed by atoms with Crippen LogP contribution in [0.1, 0.15) is 36.8 Å². The molecule has 2 saturated heterocycles. The van der Waals surface area contributed by atoms with E-state index < -0.39 is 5.60 Å². The van der Waals surface area contributed by atoms with Gasteiger partial charge < -0.3 is 15.0 Å². The molecule has 0 spiro atoms. The first-order chi connectivity index (χ1) is 12.5. The lowest BCUT2D eigenvalue weighted by Crippen LogP contribution is -2.46. The molecule has 0 radical (unpaired) electrons. The number of nitrogens with one attached hydrogen (secondary N) is 1. The van der Waals surface area contributed by atoms with Gasteiger partial charge >= 0.3 is 0 Å². The Balaban J connectivity index is 1.44. The second-order valence-electron chi connectivity index (χ2n) is 8.24. The molecular weight excluding hydrogens is 326 g/mol. The lowest BCUT2D eigenvalue weighted by atomic mass is 10.0. The maximum Gasteiger partial charge on any atom is 0.252 e. The van der Waals surface area contributed by atoms with Crippen LogP contribution in [0.5, 0.6) is 0 Å². The number of nitrogens with zero attached hydrogens (tertiary/aromatic N) is 2. The van der Waals surface area contributed by atoms with E-state index in [1.165, 1.54) is 19.3 Å². The fraction of sp³-hybridized carbons (Fsp3) is 0.571. The van der Waals surface area contributed by atoms with Crippen molar-refractivity contribution in [3.05, 3.63) is 45.7 Å². The van der Waals surface area contributed by atoms with E-state index in [0.717, 1.165) is 54.6 Å². The summed E-state index contributed by atoms with van der Waals surface area (Å²) in [6, 6.07) is 8.13. The van der Waals surface area contributed by atoms with Gasteiger partial charge in [0.25, 0.3) is 5.56 Å². The molecule has 26 heavy (non-hydrogen) atoms. The number of aliphatic hydroxyl groups is 1. The van der Waals surface area contributed by atoms with E-state index in [1.54, 1.807) is 0 Å². The van der Waals surface area contributed by atoms with Crippen LogP contribution in [0.15, 0.2) is 29.1 Å². The Hall–Kier alpha value is -1.69. The Morgan fingerprint density at radius 2 is 1.92 bits per heavy atom. The van der Waals surface area contributed by atoms with Crippen LogP contribution in [-0.4, -0.2) is 58.2 Å². The van der Waals surface area contributed by atoms with E-state index in [0.29, 0.717) is 13.1 Å². The van der Waals surface area contributed by atoms with Crippen molar-refractivity contribution in [1.82, 2.24) is 14.8 Å². The smallest absolute Gasteiger partial charge is 0.252 e. The maximum absolute atomic E-state index is 12.5. The Kier molecular flexibility index (Phi) is 4.86. The molecule has 0 bridgehead atoms. The summed E-state index contributed by atoms with van der Waals surface area (Å²) in [6.07, 6.45) is 4.58. The quantitative estimate of drug-likeness (QED) is 0.883. The van der Waals surface area contributed by atoms with E-state index in [4.69, 9.17) is 0 Å². The average molecular weight is 355 g/mol. The van der Waals surface area contributed by atoms with Gasteiger partial charge in [0.2, 0.25) is 0 Å². The van der Waals surface area contributed by atoms with Gasteiger partial charge in [-0.2, -0.15) is 0 Å². The molecule has 2 aliphatic rings. The number of β-amino-alcohol motifs (C(OH)–C–C–N with tert-alkyl or cyclic N) is 1. The zero-order valence-corrected chi connectivity index (χ0v) is 15.6. The highest BCUT2D eigenvalue weighted by molar-refractivity contribution is 5.79. The molecule has 1 atom stereocenters. The van der Waals surface area contributed by atoms with E-state index in [1.807, 2.05) is 19.1 Å². The van der Waals surface area contributed by atoms with E-state index in [-0.39, 0.29) is 5.56 Å². The van der Waals surface area contributed by atoms with Gasteiger partial charge in [0.1, 0.15) is 0 Å². The summed E-state index contributed by atoms with van der Waals surface area (Å²) in [5.74, 6) is 0. The summed E-state index contributed by atoms with van der Waals surface area (Å²) in [6.45, 7) is 7.08. The molecule has 3 heterocycles. The van der Waals surface area contributed by atoms with Crippen LogP contribution in [0, 0.1) is 6.92 Å². The second kappa shape index (κ2) is 7.14. The Morgan fingerprint density at radius 1 is 1.12 bits per heavy atom. The van der Waals surface area contributed by atoms with Crippen LogP contribution < -0.4 is 5.56 Å². The monoisotopic (exact) mass is 355 g/mol. The number of rotatable bonds is 4. The Morgan fingerprint density at radius 3 is 2.73 bits per heavy atom. The maximum atomic E-state index is 12.5. The van der Waals surface area contributed by atoms with Crippen molar-refractivity contribution in [2.75, 3.05) is 32.7 Å². The van der Waals surface area contributed by atoms with E-state index >= 15 is 0 Å². The molecule has 1 aromatic heterocycles. The van der Waals surface area contributed by atoms with Crippen molar-refractivity contribution < 1.29 is 5.11 Å². The molecule has 2 N–H and O–H groups in total. The van der Waals surface area contributed by atoms with Crippen LogP contribution in [0.2, 0.25) is 0 Å². The molecule has 5 nitrogen and oxygen atoms in total. The zero-order valence-electron chi connectivity index (χ0n) is 15.6. The van der Waals surface area contributed by atoms with Crippen LogP contribution in [0.3, 0.4) is 0 Å². The lowest BCUT2D eigenvalue weighted by Gasteiger charge is -2.33. The predicted molar refractivity (Wildman–Crippen MR) is 104 cm³/mol. The first-order valence-corrected chi connectivity index (χ1v) is 9.80. The summed E-state index contributed by atoms with van der Waals surface area (Å²) in [5, 5.41) is 12.1. The first kappa shape index (κ1) is 17.7. The highest BCUT2D eigenvalue weighted by Crippen LogP contribution is 2.25. The van der Waals surface area contributed by atoms with Crippen LogP contribution in [0.25, 0.3) is 10.9 Å². The van der Waals surface area contributed by atoms with Crippen molar-refractivity contribution in [3.63, 3.8) is 0 Å². The number of H-pyrrole nitrogens is 1. The fourth-order valence-corrected chi connectivity index (χ4v) is 4.46. The largest absolute Gasteiger partial charge is 0.387 e. The molecule has 140 valence electrons. The highest BCUT2D eigenvalue weighted by Gasteiger charge is 2.37. The number of likely N-dealkylation sites (tertiary alicyclic amines) is 2. The Labute approximate surface area is 154 Å². The number of aryl methyl sites for hydroxylation is 1. The van der Waals surface area contributed by atoms with Gasteiger partial charge in [-0.3, -0.25) is 9.69 Å². The molecular formula is C21H29N3O2. The number of piperidine rings is 1. The summed E-state index contributed by atoms with van der Waals surface area (Å²) >= 11 is 0. The Bertz CT molecular complexity index is 841. The highest BCUT2D eigenvalue weighted by atomic mass is 16.3. The van der Waals surface area contributed by atoms with E-state index in [2.05, 4.69) is 26.9 Å². The number of benzene rings is 1. The minimum atomic E-state index is -0.641. The third kappa shape index (κ3) is 3.85. The van der Waals surface area contributed by atoms with Crippen molar-refractivity contribution in [2.24, 2.45) is 0 Å². The third-order valence-corrected chi connectivity index (χ3v) is 5.85. The van der Waals surface area contributed by atoms with Gasteiger partial charge in [-0.15, -0.1) is 0 Å². The molecule has 0 amide bonds. The second-order valence-corrected chi connectivity index (χ2v) is 8.24. The van der Waals surface area contributed by atoms with Gasteiger partial charge in [-0.1, -0.05) is 18.6 Å². The zero-order chi connectivity index (χ0) is 18.1. The average Bonchev–Trinajstić information content (AvgIpc) is 2.97. The number of hydrogen-bond donors (Lipinski definition) is 2. The molecule has 5 heteroatoms. The molecule has 0 saturated carbocycles. The third-order valence-electron chi connectivity index (χ3n) is 5.85. The minimum absolute atomic E-state index is 0.0189. The molecule has 2 aromatic rings. The lowest BCUT2D eigenvalue weighted by molar-refractivity contribution is 0.00632. The van der Waals surface area contributed by atoms with Crippen LogP contribution in [0.4, 0.5) is 0 Å². The topological polar surface area (TPSA) is 59.6 Å². The summed E-state index contributed by atoms with van der Waals surface area (Å²) in [7, 11) is 0. The minimum Gasteiger partial charge on any atom is -0.387 e. The molecule has 4 rings (SSSR count). The van der Waals surface area contributed by atoms with Gasteiger partial charge in [0.05, 0.1) is 5.60 Å². The number of fused-ring (bicyclic) bond motifs is 1. The number of aromatic nitrogens is 1.